The van der Waals surface area contributed by atoms with Crippen molar-refractivity contribution in [3.8, 4) is 0 Å². The van der Waals surface area contributed by atoms with Gasteiger partial charge in [0.05, 0.1) is 6.04 Å². The molecular weight excluding hydrogens is 236 g/mol. The molecule has 1 saturated heterocycles. The van der Waals surface area contributed by atoms with Gasteiger partial charge >= 0.3 is 6.01 Å². The van der Waals surface area contributed by atoms with E-state index in [9.17, 15) is 0 Å². The molecule has 0 spiro atoms. The van der Waals surface area contributed by atoms with E-state index >= 15 is 0 Å². The van der Waals surface area contributed by atoms with Gasteiger partial charge in [-0.1, -0.05) is 12.0 Å². The second-order valence-electron chi connectivity index (χ2n) is 4.32. The number of hydrogen-bond acceptors (Lipinski definition) is 6. The van der Waals surface area contributed by atoms with Crippen molar-refractivity contribution in [1.29, 1.82) is 0 Å². The van der Waals surface area contributed by atoms with Crippen LogP contribution in [0.2, 0.25) is 0 Å². The number of rotatable bonds is 4. The molecule has 1 aliphatic rings. The van der Waals surface area contributed by atoms with Gasteiger partial charge in [-0.3, -0.25) is 0 Å². The molecule has 0 radical (unpaired) electrons. The zero-order chi connectivity index (χ0) is 12.3. The molecule has 0 aromatic carbocycles. The predicted octanol–water partition coefficient (Wildman–Crippen LogP) is 1.68. The lowest BCUT2D eigenvalue weighted by molar-refractivity contribution is 0.415. The highest BCUT2D eigenvalue weighted by atomic mass is 32.2. The van der Waals surface area contributed by atoms with Crippen LogP contribution in [0.15, 0.2) is 4.42 Å². The summed E-state index contributed by atoms with van der Waals surface area (Å²) in [6.07, 6.45) is 0. The minimum atomic E-state index is 0.121. The van der Waals surface area contributed by atoms with Crippen LogP contribution in [-0.4, -0.2) is 40.8 Å². The Hall–Kier alpha value is -0.750. The van der Waals surface area contributed by atoms with Gasteiger partial charge in [0.15, 0.2) is 0 Å². The Morgan fingerprint density at radius 2 is 2.41 bits per heavy atom. The molecule has 1 fully saturated rings. The summed E-state index contributed by atoms with van der Waals surface area (Å²) in [5.74, 6) is 2.93. The minimum absolute atomic E-state index is 0.121. The van der Waals surface area contributed by atoms with Gasteiger partial charge in [0.2, 0.25) is 5.89 Å². The Morgan fingerprint density at radius 3 is 3.12 bits per heavy atom. The first kappa shape index (κ1) is 12.7. The first-order valence-corrected chi connectivity index (χ1v) is 7.29. The highest BCUT2D eigenvalue weighted by Crippen LogP contribution is 2.24. The highest BCUT2D eigenvalue weighted by molar-refractivity contribution is 7.99. The van der Waals surface area contributed by atoms with Gasteiger partial charge in [-0.05, 0) is 20.4 Å². The van der Waals surface area contributed by atoms with Crippen molar-refractivity contribution in [3.05, 3.63) is 5.89 Å². The number of hydrogen-bond donors (Lipinski definition) is 1. The smallest absolute Gasteiger partial charge is 0.318 e. The van der Waals surface area contributed by atoms with Crippen LogP contribution >= 0.6 is 11.8 Å². The maximum absolute atomic E-state index is 5.74. The van der Waals surface area contributed by atoms with Crippen molar-refractivity contribution in [1.82, 2.24) is 15.5 Å². The van der Waals surface area contributed by atoms with Crippen LogP contribution in [0.4, 0.5) is 6.01 Å². The normalized spacial score (nSPS) is 22.8. The lowest BCUT2D eigenvalue weighted by Gasteiger charge is -2.31. The van der Waals surface area contributed by atoms with Crippen LogP contribution < -0.4 is 10.2 Å². The molecule has 1 aromatic heterocycles. The predicted molar refractivity (Wildman–Crippen MR) is 70.5 cm³/mol. The maximum atomic E-state index is 5.74. The van der Waals surface area contributed by atoms with Crippen molar-refractivity contribution in [3.63, 3.8) is 0 Å². The van der Waals surface area contributed by atoms with Crippen molar-refractivity contribution in [2.45, 2.75) is 32.9 Å². The number of thioether (sulfide) groups is 1. The zero-order valence-corrected chi connectivity index (χ0v) is 11.5. The fourth-order valence-corrected chi connectivity index (χ4v) is 2.94. The molecule has 1 aliphatic heterocycles. The van der Waals surface area contributed by atoms with Gasteiger partial charge in [-0.2, -0.15) is 11.8 Å². The van der Waals surface area contributed by atoms with Gasteiger partial charge in [-0.15, -0.1) is 5.10 Å². The van der Waals surface area contributed by atoms with Crippen molar-refractivity contribution < 1.29 is 4.42 Å². The third-order valence-corrected chi connectivity index (χ3v) is 4.11. The summed E-state index contributed by atoms with van der Waals surface area (Å²) in [7, 11) is 0. The van der Waals surface area contributed by atoms with Gasteiger partial charge in [-0.25, -0.2) is 0 Å². The molecule has 0 aliphatic carbocycles. The van der Waals surface area contributed by atoms with E-state index in [1.54, 1.807) is 0 Å². The molecule has 5 nitrogen and oxygen atoms in total. The molecular formula is C11H20N4OS. The second kappa shape index (κ2) is 5.73. The second-order valence-corrected chi connectivity index (χ2v) is 5.47. The molecule has 96 valence electrons. The first-order chi connectivity index (χ1) is 8.22. The van der Waals surface area contributed by atoms with E-state index in [0.717, 1.165) is 24.6 Å². The minimum Gasteiger partial charge on any atom is -0.406 e. The van der Waals surface area contributed by atoms with Crippen molar-refractivity contribution in [2.24, 2.45) is 0 Å². The largest absolute Gasteiger partial charge is 0.406 e. The topological polar surface area (TPSA) is 54.2 Å². The highest BCUT2D eigenvalue weighted by Gasteiger charge is 2.24. The molecule has 6 heteroatoms. The number of aromatic nitrogens is 2. The standard InChI is InChI=1S/C11H20N4OS/c1-4-12-9(3)10-13-14-11(16-10)15-5-6-17-7-8(15)2/h8-9,12H,4-7H2,1-3H3. The van der Waals surface area contributed by atoms with Gasteiger partial charge < -0.3 is 14.6 Å². The monoisotopic (exact) mass is 256 g/mol. The Bertz CT molecular complexity index is 357. The van der Waals surface area contributed by atoms with Crippen LogP contribution in [0.1, 0.15) is 32.7 Å². The number of nitrogens with zero attached hydrogens (tertiary/aromatic N) is 3. The lowest BCUT2D eigenvalue weighted by atomic mass is 10.3. The number of anilines is 1. The molecule has 2 heterocycles. The molecule has 0 saturated carbocycles. The van der Waals surface area contributed by atoms with Gasteiger partial charge in [0.25, 0.3) is 0 Å². The Kier molecular flexibility index (Phi) is 4.28. The summed E-state index contributed by atoms with van der Waals surface area (Å²) in [6.45, 7) is 8.19. The molecule has 0 amide bonds. The van der Waals surface area contributed by atoms with E-state index in [0.29, 0.717) is 17.9 Å². The lowest BCUT2D eigenvalue weighted by Crippen LogP contribution is -2.40. The van der Waals surface area contributed by atoms with E-state index in [-0.39, 0.29) is 6.04 Å². The van der Waals surface area contributed by atoms with E-state index in [2.05, 4.69) is 34.3 Å². The van der Waals surface area contributed by atoms with E-state index < -0.39 is 0 Å². The summed E-state index contributed by atoms with van der Waals surface area (Å²) in [5, 5.41) is 11.5. The van der Waals surface area contributed by atoms with Crippen molar-refractivity contribution >= 4 is 17.8 Å². The summed E-state index contributed by atoms with van der Waals surface area (Å²) in [6, 6.07) is 1.25. The average molecular weight is 256 g/mol. The first-order valence-electron chi connectivity index (χ1n) is 6.13. The molecule has 2 rings (SSSR count). The fourth-order valence-electron chi connectivity index (χ4n) is 1.92. The molecule has 1 N–H and O–H groups in total. The van der Waals surface area contributed by atoms with E-state index in [4.69, 9.17) is 4.42 Å². The fraction of sp³-hybridized carbons (Fsp3) is 0.818. The van der Waals surface area contributed by atoms with Crippen LogP contribution in [0.25, 0.3) is 0 Å². The Morgan fingerprint density at radius 1 is 1.59 bits per heavy atom. The average Bonchev–Trinajstić information content (AvgIpc) is 2.79. The summed E-state index contributed by atoms with van der Waals surface area (Å²) in [4.78, 5) is 2.20. The van der Waals surface area contributed by atoms with Gasteiger partial charge in [0.1, 0.15) is 0 Å². The van der Waals surface area contributed by atoms with Crippen LogP contribution in [0.3, 0.4) is 0 Å². The van der Waals surface area contributed by atoms with E-state index in [1.165, 1.54) is 0 Å². The van der Waals surface area contributed by atoms with Crippen LogP contribution in [0, 0.1) is 0 Å². The number of nitrogens with one attached hydrogen (secondary N) is 1. The molecule has 1 aromatic rings. The molecule has 2 atom stereocenters. The molecule has 17 heavy (non-hydrogen) atoms. The summed E-state index contributed by atoms with van der Waals surface area (Å²) < 4.78 is 5.74. The van der Waals surface area contributed by atoms with Crippen LogP contribution in [-0.2, 0) is 0 Å². The van der Waals surface area contributed by atoms with E-state index in [1.807, 2.05) is 18.7 Å². The zero-order valence-electron chi connectivity index (χ0n) is 10.6. The molecule has 0 bridgehead atoms. The Balaban J connectivity index is 2.06. The SMILES string of the molecule is CCNC(C)c1nnc(N2CCSCC2C)o1. The van der Waals surface area contributed by atoms with Crippen LogP contribution in [0.5, 0.6) is 0 Å². The Labute approximate surface area is 106 Å². The van der Waals surface area contributed by atoms with Crippen molar-refractivity contribution in [2.75, 3.05) is 29.5 Å². The summed E-state index contributed by atoms with van der Waals surface area (Å²) >= 11 is 1.98. The third kappa shape index (κ3) is 2.93. The van der Waals surface area contributed by atoms with Gasteiger partial charge in [0, 0.05) is 24.1 Å². The third-order valence-electron chi connectivity index (χ3n) is 2.92. The quantitative estimate of drug-likeness (QED) is 0.884. The molecule has 2 unspecified atom stereocenters. The summed E-state index contributed by atoms with van der Waals surface area (Å²) in [5.41, 5.74) is 0. The maximum Gasteiger partial charge on any atom is 0.318 e.